The van der Waals surface area contributed by atoms with E-state index in [0.29, 0.717) is 31.8 Å². The molecular formula is C21H23FN4O2. The number of carbonyl (C=O) groups is 1. The molecule has 0 spiro atoms. The Morgan fingerprint density at radius 3 is 3.04 bits per heavy atom. The third-order valence-corrected chi connectivity index (χ3v) is 5.20. The van der Waals surface area contributed by atoms with E-state index in [0.717, 1.165) is 23.4 Å². The summed E-state index contributed by atoms with van der Waals surface area (Å²) >= 11 is 0. The van der Waals surface area contributed by atoms with Gasteiger partial charge in [0, 0.05) is 38.9 Å². The van der Waals surface area contributed by atoms with Crippen LogP contribution in [0.25, 0.3) is 11.2 Å². The predicted octanol–water partition coefficient (Wildman–Crippen LogP) is 2.78. The predicted molar refractivity (Wildman–Crippen MR) is 103 cm³/mol. The maximum Gasteiger partial charge on any atom is 0.227 e. The molecule has 28 heavy (non-hydrogen) atoms. The van der Waals surface area contributed by atoms with Crippen molar-refractivity contribution in [3.63, 3.8) is 0 Å². The molecule has 0 bridgehead atoms. The third-order valence-electron chi connectivity index (χ3n) is 5.20. The molecule has 0 saturated carbocycles. The van der Waals surface area contributed by atoms with E-state index in [-0.39, 0.29) is 24.1 Å². The molecule has 0 unspecified atom stereocenters. The number of hydrogen-bond donors (Lipinski definition) is 0. The van der Waals surface area contributed by atoms with Crippen LogP contribution in [0.1, 0.15) is 23.7 Å². The standard InChI is InChI=1S/C21H23FN4O2/c1-28-11-10-26-20(24-18-6-3-8-23-21(18)26)16-7-9-25(14-16)19(27)13-15-4-2-5-17(22)12-15/h2-6,8,12,16H,7,9-11,13-14H2,1H3/t16-/m1/s1. The Hall–Kier alpha value is -2.80. The van der Waals surface area contributed by atoms with Crippen LogP contribution in [0.4, 0.5) is 4.39 Å². The number of halogens is 1. The Kier molecular flexibility index (Phi) is 5.34. The van der Waals surface area contributed by atoms with Gasteiger partial charge in [-0.3, -0.25) is 4.79 Å². The first-order valence-electron chi connectivity index (χ1n) is 9.48. The van der Waals surface area contributed by atoms with E-state index in [9.17, 15) is 9.18 Å². The molecule has 1 atom stereocenters. The number of carbonyl (C=O) groups excluding carboxylic acids is 1. The first-order valence-corrected chi connectivity index (χ1v) is 9.48. The smallest absolute Gasteiger partial charge is 0.227 e. The number of ether oxygens (including phenoxy) is 1. The highest BCUT2D eigenvalue weighted by Gasteiger charge is 2.31. The quantitative estimate of drug-likeness (QED) is 0.658. The number of pyridine rings is 1. The maximum absolute atomic E-state index is 13.4. The second-order valence-electron chi connectivity index (χ2n) is 7.09. The Morgan fingerprint density at radius 2 is 2.21 bits per heavy atom. The number of nitrogens with zero attached hydrogens (tertiary/aromatic N) is 4. The first kappa shape index (κ1) is 18.6. The van der Waals surface area contributed by atoms with Gasteiger partial charge in [-0.2, -0.15) is 0 Å². The van der Waals surface area contributed by atoms with Crippen LogP contribution in [0.3, 0.4) is 0 Å². The lowest BCUT2D eigenvalue weighted by Gasteiger charge is -2.17. The van der Waals surface area contributed by atoms with E-state index in [1.54, 1.807) is 25.4 Å². The number of hydrogen-bond acceptors (Lipinski definition) is 4. The third kappa shape index (κ3) is 3.75. The lowest BCUT2D eigenvalue weighted by atomic mass is 10.1. The largest absolute Gasteiger partial charge is 0.383 e. The van der Waals surface area contributed by atoms with Crippen molar-refractivity contribution < 1.29 is 13.9 Å². The number of aromatic nitrogens is 3. The SMILES string of the molecule is COCCn1c([C@@H]2CCN(C(=O)Cc3cccc(F)c3)C2)nc2cccnc21. The van der Waals surface area contributed by atoms with Gasteiger partial charge in [0.2, 0.25) is 5.91 Å². The molecule has 7 heteroatoms. The van der Waals surface area contributed by atoms with Crippen LogP contribution in [-0.4, -0.2) is 52.1 Å². The van der Waals surface area contributed by atoms with Crippen molar-refractivity contribution in [3.8, 4) is 0 Å². The average molecular weight is 382 g/mol. The number of rotatable bonds is 6. The van der Waals surface area contributed by atoms with Crippen molar-refractivity contribution in [1.82, 2.24) is 19.4 Å². The number of likely N-dealkylation sites (tertiary alicyclic amines) is 1. The molecule has 1 amide bonds. The molecule has 2 aromatic heterocycles. The van der Waals surface area contributed by atoms with Crippen molar-refractivity contribution in [2.75, 3.05) is 26.8 Å². The molecule has 3 heterocycles. The number of fused-ring (bicyclic) bond motifs is 1. The van der Waals surface area contributed by atoms with E-state index >= 15 is 0 Å². The van der Waals surface area contributed by atoms with Crippen molar-refractivity contribution in [1.29, 1.82) is 0 Å². The Labute approximate surface area is 163 Å². The molecule has 1 saturated heterocycles. The molecule has 1 aliphatic heterocycles. The summed E-state index contributed by atoms with van der Waals surface area (Å²) in [6, 6.07) is 10.1. The van der Waals surface area contributed by atoms with Crippen LogP contribution < -0.4 is 0 Å². The Balaban J connectivity index is 1.51. The highest BCUT2D eigenvalue weighted by molar-refractivity contribution is 5.79. The summed E-state index contributed by atoms with van der Waals surface area (Å²) in [5.41, 5.74) is 2.40. The number of amides is 1. The summed E-state index contributed by atoms with van der Waals surface area (Å²) < 4.78 is 20.7. The van der Waals surface area contributed by atoms with Gasteiger partial charge in [0.25, 0.3) is 0 Å². The highest BCUT2D eigenvalue weighted by Crippen LogP contribution is 2.29. The van der Waals surface area contributed by atoms with E-state index < -0.39 is 0 Å². The summed E-state index contributed by atoms with van der Waals surface area (Å²) in [5, 5.41) is 0. The Morgan fingerprint density at radius 1 is 1.32 bits per heavy atom. The van der Waals surface area contributed by atoms with Gasteiger partial charge in [0.05, 0.1) is 13.0 Å². The number of benzene rings is 1. The Bertz CT molecular complexity index is 987. The highest BCUT2D eigenvalue weighted by atomic mass is 19.1. The lowest BCUT2D eigenvalue weighted by molar-refractivity contribution is -0.129. The molecule has 4 rings (SSSR count). The van der Waals surface area contributed by atoms with E-state index in [2.05, 4.69) is 9.55 Å². The van der Waals surface area contributed by atoms with Gasteiger partial charge in [0.1, 0.15) is 17.2 Å². The molecular weight excluding hydrogens is 359 g/mol. The zero-order valence-corrected chi connectivity index (χ0v) is 15.8. The van der Waals surface area contributed by atoms with Crippen molar-refractivity contribution in [2.45, 2.75) is 25.3 Å². The fourth-order valence-corrected chi connectivity index (χ4v) is 3.82. The minimum Gasteiger partial charge on any atom is -0.383 e. The molecule has 0 radical (unpaired) electrons. The van der Waals surface area contributed by atoms with Gasteiger partial charge in [-0.15, -0.1) is 0 Å². The van der Waals surface area contributed by atoms with Crippen LogP contribution in [0.15, 0.2) is 42.6 Å². The monoisotopic (exact) mass is 382 g/mol. The molecule has 0 N–H and O–H groups in total. The second kappa shape index (κ2) is 8.06. The normalized spacial score (nSPS) is 16.8. The van der Waals surface area contributed by atoms with Gasteiger partial charge in [-0.1, -0.05) is 12.1 Å². The summed E-state index contributed by atoms with van der Waals surface area (Å²) in [6.45, 7) is 2.54. The minimum absolute atomic E-state index is 0.0192. The van der Waals surface area contributed by atoms with Crippen LogP contribution in [0, 0.1) is 5.82 Å². The summed E-state index contributed by atoms with van der Waals surface area (Å²) in [4.78, 5) is 23.8. The maximum atomic E-state index is 13.4. The summed E-state index contributed by atoms with van der Waals surface area (Å²) in [7, 11) is 1.68. The molecule has 146 valence electrons. The molecule has 1 fully saturated rings. The van der Waals surface area contributed by atoms with Gasteiger partial charge < -0.3 is 14.2 Å². The van der Waals surface area contributed by atoms with Crippen LogP contribution >= 0.6 is 0 Å². The molecule has 1 aliphatic rings. The van der Waals surface area contributed by atoms with Crippen LogP contribution in [0.5, 0.6) is 0 Å². The van der Waals surface area contributed by atoms with Crippen molar-refractivity contribution in [3.05, 3.63) is 59.8 Å². The molecule has 1 aromatic carbocycles. The number of imidazole rings is 1. The van der Waals surface area contributed by atoms with E-state index in [4.69, 9.17) is 9.72 Å². The fourth-order valence-electron chi connectivity index (χ4n) is 3.82. The second-order valence-corrected chi connectivity index (χ2v) is 7.09. The zero-order valence-electron chi connectivity index (χ0n) is 15.8. The molecule has 3 aromatic rings. The summed E-state index contributed by atoms with van der Waals surface area (Å²) in [6.07, 6.45) is 2.83. The van der Waals surface area contributed by atoms with Gasteiger partial charge in [-0.25, -0.2) is 14.4 Å². The van der Waals surface area contributed by atoms with Gasteiger partial charge in [-0.05, 0) is 36.2 Å². The minimum atomic E-state index is -0.316. The first-order chi connectivity index (χ1) is 13.7. The topological polar surface area (TPSA) is 60.2 Å². The van der Waals surface area contributed by atoms with Gasteiger partial charge >= 0.3 is 0 Å². The number of methoxy groups -OCH3 is 1. The zero-order chi connectivity index (χ0) is 19.5. The van der Waals surface area contributed by atoms with E-state index in [1.165, 1.54) is 12.1 Å². The van der Waals surface area contributed by atoms with Crippen LogP contribution in [0.2, 0.25) is 0 Å². The molecule has 6 nitrogen and oxygen atoms in total. The average Bonchev–Trinajstić information content (AvgIpc) is 3.31. The van der Waals surface area contributed by atoms with Crippen molar-refractivity contribution in [2.24, 2.45) is 0 Å². The van der Waals surface area contributed by atoms with Crippen LogP contribution in [-0.2, 0) is 22.5 Å². The van der Waals surface area contributed by atoms with Gasteiger partial charge in [0.15, 0.2) is 5.65 Å². The molecule has 0 aliphatic carbocycles. The summed E-state index contributed by atoms with van der Waals surface area (Å²) in [5.74, 6) is 0.809. The fraction of sp³-hybridized carbons (Fsp3) is 0.381. The van der Waals surface area contributed by atoms with E-state index in [1.807, 2.05) is 17.0 Å². The lowest BCUT2D eigenvalue weighted by Crippen LogP contribution is -2.30. The van der Waals surface area contributed by atoms with Crippen molar-refractivity contribution >= 4 is 17.1 Å².